The van der Waals surface area contributed by atoms with E-state index in [0.29, 0.717) is 24.8 Å². The molecule has 2 aliphatic rings. The molecule has 0 radical (unpaired) electrons. The maximum absolute atomic E-state index is 12.4. The highest BCUT2D eigenvalue weighted by Crippen LogP contribution is 2.32. The molecule has 1 heterocycles. The molecule has 0 aromatic heterocycles. The summed E-state index contributed by atoms with van der Waals surface area (Å²) in [5, 5.41) is 8.96. The third kappa shape index (κ3) is 2.68. The van der Waals surface area contributed by atoms with Crippen molar-refractivity contribution in [3.05, 3.63) is 0 Å². The first-order chi connectivity index (χ1) is 8.49. The molecule has 1 saturated carbocycles. The molecule has 1 aliphatic carbocycles. The van der Waals surface area contributed by atoms with Gasteiger partial charge >= 0.3 is 5.97 Å². The van der Waals surface area contributed by atoms with Crippen molar-refractivity contribution in [2.75, 3.05) is 6.54 Å². The van der Waals surface area contributed by atoms with Gasteiger partial charge in [-0.2, -0.15) is 0 Å². The zero-order valence-electron chi connectivity index (χ0n) is 11.3. The van der Waals surface area contributed by atoms with Gasteiger partial charge in [-0.25, -0.2) is 0 Å². The molecule has 2 fully saturated rings. The van der Waals surface area contributed by atoms with Crippen LogP contribution in [-0.4, -0.2) is 34.5 Å². The van der Waals surface area contributed by atoms with Gasteiger partial charge in [0.2, 0.25) is 5.91 Å². The first-order valence-corrected chi connectivity index (χ1v) is 7.02. The highest BCUT2D eigenvalue weighted by atomic mass is 16.4. The predicted molar refractivity (Wildman–Crippen MR) is 68.0 cm³/mol. The average molecular weight is 253 g/mol. The Bertz CT molecular complexity index is 334. The van der Waals surface area contributed by atoms with E-state index in [2.05, 4.69) is 13.8 Å². The highest BCUT2D eigenvalue weighted by Gasteiger charge is 2.36. The van der Waals surface area contributed by atoms with Crippen LogP contribution >= 0.6 is 0 Å². The lowest BCUT2D eigenvalue weighted by atomic mass is 9.81. The smallest absolute Gasteiger partial charge is 0.306 e. The van der Waals surface area contributed by atoms with Crippen LogP contribution in [0.2, 0.25) is 0 Å². The Morgan fingerprint density at radius 1 is 1.06 bits per heavy atom. The largest absolute Gasteiger partial charge is 0.481 e. The number of amides is 1. The van der Waals surface area contributed by atoms with Crippen LogP contribution in [0.1, 0.15) is 46.0 Å². The number of aliphatic carboxylic acids is 1. The molecular weight excluding hydrogens is 230 g/mol. The Balaban J connectivity index is 1.90. The second-order valence-corrected chi connectivity index (χ2v) is 6.07. The maximum Gasteiger partial charge on any atom is 0.306 e. The molecule has 0 aromatic rings. The van der Waals surface area contributed by atoms with Crippen molar-refractivity contribution in [3.8, 4) is 0 Å². The summed E-state index contributed by atoms with van der Waals surface area (Å²) in [6.45, 7) is 5.17. The van der Waals surface area contributed by atoms with Crippen LogP contribution in [0.25, 0.3) is 0 Å². The summed E-state index contributed by atoms with van der Waals surface area (Å²) < 4.78 is 0. The Kier molecular flexibility index (Phi) is 3.93. The minimum atomic E-state index is -0.705. The SMILES string of the molecule is CC1CC(C)N(C(=O)C2CCC(C(=O)O)CC2)C1. The van der Waals surface area contributed by atoms with Crippen LogP contribution in [0.3, 0.4) is 0 Å². The zero-order valence-corrected chi connectivity index (χ0v) is 11.3. The number of carbonyl (C=O) groups excluding carboxylic acids is 1. The molecule has 2 unspecified atom stereocenters. The summed E-state index contributed by atoms with van der Waals surface area (Å²) in [6.07, 6.45) is 3.89. The fourth-order valence-corrected chi connectivity index (χ4v) is 3.43. The molecule has 4 nitrogen and oxygen atoms in total. The van der Waals surface area contributed by atoms with Gasteiger partial charge in [-0.3, -0.25) is 9.59 Å². The number of carboxylic acid groups (broad SMARTS) is 1. The van der Waals surface area contributed by atoms with Crippen LogP contribution in [0.5, 0.6) is 0 Å². The van der Waals surface area contributed by atoms with E-state index in [1.807, 2.05) is 4.90 Å². The van der Waals surface area contributed by atoms with E-state index >= 15 is 0 Å². The van der Waals surface area contributed by atoms with Gasteiger partial charge in [0.15, 0.2) is 0 Å². The van der Waals surface area contributed by atoms with Gasteiger partial charge in [-0.15, -0.1) is 0 Å². The van der Waals surface area contributed by atoms with Gasteiger partial charge in [0.05, 0.1) is 5.92 Å². The van der Waals surface area contributed by atoms with Crippen LogP contribution in [0.15, 0.2) is 0 Å². The lowest BCUT2D eigenvalue weighted by Crippen LogP contribution is -2.40. The summed E-state index contributed by atoms with van der Waals surface area (Å²) in [5.74, 6) is -0.0172. The van der Waals surface area contributed by atoms with E-state index in [-0.39, 0.29) is 17.7 Å². The van der Waals surface area contributed by atoms with Crippen molar-refractivity contribution < 1.29 is 14.7 Å². The first kappa shape index (κ1) is 13.4. The molecular formula is C14H23NO3. The number of nitrogens with zero attached hydrogens (tertiary/aromatic N) is 1. The van der Waals surface area contributed by atoms with E-state index in [4.69, 9.17) is 5.11 Å². The van der Waals surface area contributed by atoms with E-state index in [1.165, 1.54) is 0 Å². The third-order valence-electron chi connectivity index (χ3n) is 4.49. The summed E-state index contributed by atoms with van der Waals surface area (Å²) in [4.78, 5) is 25.3. The normalized spacial score (nSPS) is 36.7. The summed E-state index contributed by atoms with van der Waals surface area (Å²) in [5.41, 5.74) is 0. The Labute approximate surface area is 108 Å². The van der Waals surface area contributed by atoms with E-state index in [0.717, 1.165) is 25.8 Å². The van der Waals surface area contributed by atoms with Crippen molar-refractivity contribution in [2.24, 2.45) is 17.8 Å². The molecule has 18 heavy (non-hydrogen) atoms. The van der Waals surface area contributed by atoms with Crippen molar-refractivity contribution in [3.63, 3.8) is 0 Å². The van der Waals surface area contributed by atoms with Gasteiger partial charge < -0.3 is 10.0 Å². The number of hydrogen-bond acceptors (Lipinski definition) is 2. The Morgan fingerprint density at radius 2 is 1.61 bits per heavy atom. The van der Waals surface area contributed by atoms with Crippen molar-refractivity contribution in [1.82, 2.24) is 4.90 Å². The summed E-state index contributed by atoms with van der Waals surface area (Å²) >= 11 is 0. The molecule has 1 N–H and O–H groups in total. The lowest BCUT2D eigenvalue weighted by Gasteiger charge is -2.31. The first-order valence-electron chi connectivity index (χ1n) is 7.02. The van der Waals surface area contributed by atoms with Crippen LogP contribution in [0, 0.1) is 17.8 Å². The molecule has 1 saturated heterocycles. The number of rotatable bonds is 2. The van der Waals surface area contributed by atoms with Gasteiger partial charge in [-0.1, -0.05) is 6.92 Å². The van der Waals surface area contributed by atoms with Gasteiger partial charge in [-0.05, 0) is 44.9 Å². The van der Waals surface area contributed by atoms with Crippen molar-refractivity contribution in [2.45, 2.75) is 52.0 Å². The molecule has 2 atom stereocenters. The summed E-state index contributed by atoms with van der Waals surface area (Å²) in [7, 11) is 0. The molecule has 0 spiro atoms. The van der Waals surface area contributed by atoms with E-state index < -0.39 is 5.97 Å². The second kappa shape index (κ2) is 5.29. The molecule has 2 rings (SSSR count). The molecule has 102 valence electrons. The predicted octanol–water partition coefficient (Wildman–Crippen LogP) is 2.13. The Morgan fingerprint density at radius 3 is 2.06 bits per heavy atom. The standard InChI is InChI=1S/C14H23NO3/c1-9-7-10(2)15(8-9)13(16)11-3-5-12(6-4-11)14(17)18/h9-12H,3-8H2,1-2H3,(H,17,18). The number of likely N-dealkylation sites (tertiary alicyclic amines) is 1. The average Bonchev–Trinajstić information content (AvgIpc) is 2.67. The maximum atomic E-state index is 12.4. The van der Waals surface area contributed by atoms with Gasteiger partial charge in [0, 0.05) is 18.5 Å². The third-order valence-corrected chi connectivity index (χ3v) is 4.49. The minimum Gasteiger partial charge on any atom is -0.481 e. The Hall–Kier alpha value is -1.06. The number of carbonyl (C=O) groups is 2. The highest BCUT2D eigenvalue weighted by molar-refractivity contribution is 5.80. The van der Waals surface area contributed by atoms with Crippen LogP contribution < -0.4 is 0 Å². The number of hydrogen-bond donors (Lipinski definition) is 1. The zero-order chi connectivity index (χ0) is 13.3. The molecule has 0 bridgehead atoms. The van der Waals surface area contributed by atoms with Crippen molar-refractivity contribution >= 4 is 11.9 Å². The number of carboxylic acids is 1. The second-order valence-electron chi connectivity index (χ2n) is 6.07. The van der Waals surface area contributed by atoms with Gasteiger partial charge in [0.25, 0.3) is 0 Å². The van der Waals surface area contributed by atoms with Gasteiger partial charge in [0.1, 0.15) is 0 Å². The minimum absolute atomic E-state index is 0.0633. The lowest BCUT2D eigenvalue weighted by molar-refractivity contribution is -0.145. The fourth-order valence-electron chi connectivity index (χ4n) is 3.43. The van der Waals surface area contributed by atoms with E-state index in [1.54, 1.807) is 0 Å². The quantitative estimate of drug-likeness (QED) is 0.820. The molecule has 1 aliphatic heterocycles. The topological polar surface area (TPSA) is 57.6 Å². The molecule has 0 aromatic carbocycles. The van der Waals surface area contributed by atoms with Crippen molar-refractivity contribution in [1.29, 1.82) is 0 Å². The monoisotopic (exact) mass is 253 g/mol. The fraction of sp³-hybridized carbons (Fsp3) is 0.857. The molecule has 4 heteroatoms. The van der Waals surface area contributed by atoms with E-state index in [9.17, 15) is 9.59 Å². The summed E-state index contributed by atoms with van der Waals surface area (Å²) in [6, 6.07) is 0.352. The van der Waals surface area contributed by atoms with Crippen LogP contribution in [0.4, 0.5) is 0 Å². The van der Waals surface area contributed by atoms with Crippen LogP contribution in [-0.2, 0) is 9.59 Å². The molecule has 1 amide bonds.